The van der Waals surface area contributed by atoms with Gasteiger partial charge in [-0.25, -0.2) is 0 Å². The van der Waals surface area contributed by atoms with Gasteiger partial charge in [-0.15, -0.1) is 12.4 Å². The van der Waals surface area contributed by atoms with Crippen LogP contribution in [0.15, 0.2) is 24.3 Å². The van der Waals surface area contributed by atoms with E-state index in [0.717, 1.165) is 31.0 Å². The number of piperidine rings is 1. The Morgan fingerprint density at radius 3 is 2.56 bits per heavy atom. The molecule has 0 spiro atoms. The number of benzene rings is 1. The van der Waals surface area contributed by atoms with Crippen LogP contribution in [0.3, 0.4) is 0 Å². The molecule has 2 rings (SSSR count). The zero-order valence-corrected chi connectivity index (χ0v) is 10.8. The molecule has 1 aromatic rings. The first-order valence-electron chi connectivity index (χ1n) is 5.42. The van der Waals surface area contributed by atoms with Gasteiger partial charge in [0.05, 0.1) is 0 Å². The highest BCUT2D eigenvalue weighted by molar-refractivity contribution is 6.30. The van der Waals surface area contributed by atoms with Crippen molar-refractivity contribution in [2.45, 2.75) is 24.8 Å². The summed E-state index contributed by atoms with van der Waals surface area (Å²) in [6, 6.07) is 7.98. The van der Waals surface area contributed by atoms with Crippen molar-refractivity contribution in [3.63, 3.8) is 0 Å². The Balaban J connectivity index is 0.00000128. The summed E-state index contributed by atoms with van der Waals surface area (Å²) in [4.78, 5) is 0. The van der Waals surface area contributed by atoms with Crippen molar-refractivity contribution in [1.82, 2.24) is 5.32 Å². The molecule has 16 heavy (non-hydrogen) atoms. The normalized spacial score (nSPS) is 24.9. The van der Waals surface area contributed by atoms with Crippen LogP contribution in [0, 0.1) is 0 Å². The fourth-order valence-electron chi connectivity index (χ4n) is 2.15. The van der Waals surface area contributed by atoms with Gasteiger partial charge in [-0.3, -0.25) is 0 Å². The lowest BCUT2D eigenvalue weighted by molar-refractivity contribution is 0.313. The van der Waals surface area contributed by atoms with Crippen LogP contribution in [-0.2, 0) is 6.42 Å². The minimum Gasteiger partial charge on any atom is -0.324 e. The zero-order chi connectivity index (χ0) is 10.7. The second-order valence-corrected chi connectivity index (χ2v) is 4.88. The van der Waals surface area contributed by atoms with E-state index >= 15 is 0 Å². The summed E-state index contributed by atoms with van der Waals surface area (Å²) in [7, 11) is 0. The molecule has 0 saturated carbocycles. The molecule has 0 aliphatic carbocycles. The van der Waals surface area contributed by atoms with Gasteiger partial charge in [0, 0.05) is 17.1 Å². The molecule has 0 bridgehead atoms. The summed E-state index contributed by atoms with van der Waals surface area (Å²) in [5.41, 5.74) is 7.53. The summed E-state index contributed by atoms with van der Waals surface area (Å²) in [6.07, 6.45) is 3.20. The fourth-order valence-corrected chi connectivity index (χ4v) is 2.28. The van der Waals surface area contributed by atoms with Crippen molar-refractivity contribution in [2.24, 2.45) is 5.73 Å². The van der Waals surface area contributed by atoms with Crippen LogP contribution in [-0.4, -0.2) is 18.6 Å². The van der Waals surface area contributed by atoms with Crippen molar-refractivity contribution < 1.29 is 0 Å². The lowest BCUT2D eigenvalue weighted by Gasteiger charge is -2.34. The molecule has 1 aliphatic rings. The highest BCUT2D eigenvalue weighted by atomic mass is 35.5. The van der Waals surface area contributed by atoms with Crippen molar-refractivity contribution >= 4 is 24.0 Å². The zero-order valence-electron chi connectivity index (χ0n) is 9.21. The predicted molar refractivity (Wildman–Crippen MR) is 71.4 cm³/mol. The summed E-state index contributed by atoms with van der Waals surface area (Å²) in [5.74, 6) is 0. The first kappa shape index (κ1) is 13.8. The Morgan fingerprint density at radius 2 is 2.00 bits per heavy atom. The second kappa shape index (κ2) is 5.87. The van der Waals surface area contributed by atoms with Gasteiger partial charge >= 0.3 is 0 Å². The molecule has 90 valence electrons. The molecule has 4 heteroatoms. The lowest BCUT2D eigenvalue weighted by Crippen LogP contribution is -2.54. The molecule has 0 unspecified atom stereocenters. The van der Waals surface area contributed by atoms with Crippen LogP contribution in [0.5, 0.6) is 0 Å². The van der Waals surface area contributed by atoms with Gasteiger partial charge in [0.2, 0.25) is 0 Å². The van der Waals surface area contributed by atoms with E-state index in [1.165, 1.54) is 12.0 Å². The molecule has 1 saturated heterocycles. The standard InChI is InChI=1S/C12H17ClN2.ClH/c13-11-4-2-10(3-5-11)8-12(14)6-1-7-15-9-12;/h2-5,15H,1,6-9,14H2;1H/t12-;/m1./s1. The molecule has 1 aliphatic heterocycles. The average molecular weight is 261 g/mol. The number of hydrogen-bond acceptors (Lipinski definition) is 2. The SMILES string of the molecule is Cl.N[C@@]1(Cc2ccc(Cl)cc2)CCCNC1. The molecule has 1 heterocycles. The van der Waals surface area contributed by atoms with Crippen LogP contribution in [0.25, 0.3) is 0 Å². The fraction of sp³-hybridized carbons (Fsp3) is 0.500. The van der Waals surface area contributed by atoms with Crippen LogP contribution >= 0.6 is 24.0 Å². The minimum absolute atomic E-state index is 0. The van der Waals surface area contributed by atoms with E-state index in [2.05, 4.69) is 17.4 Å². The van der Waals surface area contributed by atoms with Crippen LogP contribution < -0.4 is 11.1 Å². The van der Waals surface area contributed by atoms with Gasteiger partial charge in [0.15, 0.2) is 0 Å². The third-order valence-electron chi connectivity index (χ3n) is 2.97. The molecule has 1 atom stereocenters. The molecule has 0 radical (unpaired) electrons. The summed E-state index contributed by atoms with van der Waals surface area (Å²) in [6.45, 7) is 2.01. The van der Waals surface area contributed by atoms with E-state index < -0.39 is 0 Å². The van der Waals surface area contributed by atoms with E-state index in [4.69, 9.17) is 17.3 Å². The van der Waals surface area contributed by atoms with Crippen LogP contribution in [0.4, 0.5) is 0 Å². The van der Waals surface area contributed by atoms with Crippen molar-refractivity contribution in [3.8, 4) is 0 Å². The van der Waals surface area contributed by atoms with E-state index in [9.17, 15) is 0 Å². The van der Waals surface area contributed by atoms with Crippen LogP contribution in [0.1, 0.15) is 18.4 Å². The molecule has 0 aromatic heterocycles. The second-order valence-electron chi connectivity index (χ2n) is 4.45. The molecule has 2 nitrogen and oxygen atoms in total. The largest absolute Gasteiger partial charge is 0.324 e. The summed E-state index contributed by atoms with van der Waals surface area (Å²) in [5, 5.41) is 4.14. The van der Waals surface area contributed by atoms with Crippen molar-refractivity contribution in [3.05, 3.63) is 34.9 Å². The highest BCUT2D eigenvalue weighted by Crippen LogP contribution is 2.20. The number of hydrogen-bond donors (Lipinski definition) is 2. The quantitative estimate of drug-likeness (QED) is 0.857. The average Bonchev–Trinajstić information content (AvgIpc) is 2.22. The molecule has 0 amide bonds. The summed E-state index contributed by atoms with van der Waals surface area (Å²) < 4.78 is 0. The topological polar surface area (TPSA) is 38.0 Å². The molecular formula is C12H18Cl2N2. The van der Waals surface area contributed by atoms with Gasteiger partial charge in [-0.05, 0) is 43.5 Å². The maximum atomic E-state index is 6.33. The maximum absolute atomic E-state index is 6.33. The third kappa shape index (κ3) is 3.63. The number of nitrogens with one attached hydrogen (secondary N) is 1. The molecular weight excluding hydrogens is 243 g/mol. The molecule has 3 N–H and O–H groups in total. The van der Waals surface area contributed by atoms with E-state index in [0.29, 0.717) is 0 Å². The Kier molecular flexibility index (Phi) is 5.06. The van der Waals surface area contributed by atoms with E-state index in [1.807, 2.05) is 12.1 Å². The van der Waals surface area contributed by atoms with E-state index in [-0.39, 0.29) is 17.9 Å². The van der Waals surface area contributed by atoms with E-state index in [1.54, 1.807) is 0 Å². The smallest absolute Gasteiger partial charge is 0.0406 e. The third-order valence-corrected chi connectivity index (χ3v) is 3.23. The van der Waals surface area contributed by atoms with Gasteiger partial charge < -0.3 is 11.1 Å². The first-order valence-corrected chi connectivity index (χ1v) is 5.80. The maximum Gasteiger partial charge on any atom is 0.0406 e. The highest BCUT2D eigenvalue weighted by Gasteiger charge is 2.27. The minimum atomic E-state index is -0.0773. The number of rotatable bonds is 2. The van der Waals surface area contributed by atoms with Crippen molar-refractivity contribution in [2.75, 3.05) is 13.1 Å². The number of halogens is 2. The number of nitrogens with two attached hydrogens (primary N) is 1. The van der Waals surface area contributed by atoms with Gasteiger partial charge in [-0.2, -0.15) is 0 Å². The lowest BCUT2D eigenvalue weighted by atomic mass is 9.85. The molecule has 1 aromatic carbocycles. The Bertz CT molecular complexity index is 318. The monoisotopic (exact) mass is 260 g/mol. The molecule has 1 fully saturated rings. The van der Waals surface area contributed by atoms with Crippen molar-refractivity contribution in [1.29, 1.82) is 0 Å². The Labute approximate surface area is 108 Å². The van der Waals surface area contributed by atoms with Crippen LogP contribution in [0.2, 0.25) is 5.02 Å². The van der Waals surface area contributed by atoms with Gasteiger partial charge in [0.1, 0.15) is 0 Å². The predicted octanol–water partition coefficient (Wildman–Crippen LogP) is 2.39. The summed E-state index contributed by atoms with van der Waals surface area (Å²) >= 11 is 5.85. The Morgan fingerprint density at radius 1 is 1.31 bits per heavy atom. The Hall–Kier alpha value is -0.280. The first-order chi connectivity index (χ1) is 7.18. The van der Waals surface area contributed by atoms with Gasteiger partial charge in [0.25, 0.3) is 0 Å². The van der Waals surface area contributed by atoms with Gasteiger partial charge in [-0.1, -0.05) is 23.7 Å².